The van der Waals surface area contributed by atoms with Gasteiger partial charge in [0.15, 0.2) is 5.78 Å². The van der Waals surface area contributed by atoms with E-state index in [1.165, 1.54) is 0 Å². The van der Waals surface area contributed by atoms with Crippen LogP contribution in [-0.2, 0) is 13.0 Å². The molecule has 0 radical (unpaired) electrons. The molecule has 4 heteroatoms. The van der Waals surface area contributed by atoms with Crippen LogP contribution >= 0.6 is 0 Å². The zero-order valence-electron chi connectivity index (χ0n) is 9.48. The summed E-state index contributed by atoms with van der Waals surface area (Å²) in [6.07, 6.45) is 1.53. The molecule has 2 N–H and O–H groups in total. The van der Waals surface area contributed by atoms with Crippen LogP contribution in [0.25, 0.3) is 0 Å². The van der Waals surface area contributed by atoms with E-state index in [2.05, 4.69) is 29.4 Å². The second-order valence-electron chi connectivity index (χ2n) is 5.00. The van der Waals surface area contributed by atoms with Crippen molar-refractivity contribution in [3.8, 4) is 0 Å². The monoisotopic (exact) mass is 207 g/mol. The van der Waals surface area contributed by atoms with Crippen molar-refractivity contribution in [2.45, 2.75) is 33.2 Å². The van der Waals surface area contributed by atoms with Crippen molar-refractivity contribution in [1.29, 1.82) is 0 Å². The number of Topliss-reactive ketones (excluding diaryl/α,β-unsaturated/α-hetero) is 1. The van der Waals surface area contributed by atoms with Crippen molar-refractivity contribution >= 4 is 5.78 Å². The minimum atomic E-state index is 0.0630. The Morgan fingerprint density at radius 2 is 2.20 bits per heavy atom. The van der Waals surface area contributed by atoms with Crippen LogP contribution in [0.3, 0.4) is 0 Å². The Labute approximate surface area is 89.5 Å². The average Bonchev–Trinajstić information content (AvgIpc) is 2.46. The van der Waals surface area contributed by atoms with Gasteiger partial charge in [-0.2, -0.15) is 5.10 Å². The zero-order chi connectivity index (χ0) is 11.1. The lowest BCUT2D eigenvalue weighted by Gasteiger charge is -2.27. The van der Waals surface area contributed by atoms with E-state index in [4.69, 9.17) is 0 Å². The summed E-state index contributed by atoms with van der Waals surface area (Å²) in [4.78, 5) is 12.0. The predicted molar refractivity (Wildman–Crippen MR) is 57.8 cm³/mol. The fraction of sp³-hybridized carbons (Fsp3) is 0.636. The van der Waals surface area contributed by atoms with E-state index in [1.54, 1.807) is 0 Å². The summed E-state index contributed by atoms with van der Waals surface area (Å²) >= 11 is 0. The highest BCUT2D eigenvalue weighted by Gasteiger charge is 2.34. The highest BCUT2D eigenvalue weighted by molar-refractivity contribution is 5.99. The van der Waals surface area contributed by atoms with Crippen molar-refractivity contribution < 1.29 is 4.79 Å². The number of carbonyl (C=O) groups is 1. The van der Waals surface area contributed by atoms with E-state index >= 15 is 0 Å². The molecule has 0 fully saturated rings. The molecule has 2 rings (SSSR count). The molecule has 15 heavy (non-hydrogen) atoms. The molecule has 1 aliphatic rings. The lowest BCUT2D eigenvalue weighted by molar-refractivity contribution is 0.0910. The largest absolute Gasteiger partial charge is 0.314 e. The summed E-state index contributed by atoms with van der Waals surface area (Å²) < 4.78 is 0. The molecular formula is C11H17N3O. The molecule has 82 valence electrons. The normalized spacial score (nSPS) is 19.0. The fourth-order valence-corrected chi connectivity index (χ4v) is 2.24. The number of rotatable bonds is 2. The van der Waals surface area contributed by atoms with Crippen molar-refractivity contribution in [3.05, 3.63) is 17.0 Å². The lowest BCUT2D eigenvalue weighted by atomic mass is 9.76. The number of carbonyl (C=O) groups excluding carboxylic acids is 1. The molecule has 0 unspecified atom stereocenters. The third-order valence-corrected chi connectivity index (χ3v) is 2.83. The minimum absolute atomic E-state index is 0.0630. The van der Waals surface area contributed by atoms with Crippen molar-refractivity contribution in [2.24, 2.45) is 5.41 Å². The summed E-state index contributed by atoms with van der Waals surface area (Å²) in [5.74, 6) is 0.222. The second-order valence-corrected chi connectivity index (χ2v) is 5.00. The summed E-state index contributed by atoms with van der Waals surface area (Å²) in [6, 6.07) is 0. The van der Waals surface area contributed by atoms with Gasteiger partial charge in [-0.3, -0.25) is 9.89 Å². The third kappa shape index (κ3) is 1.81. The maximum absolute atomic E-state index is 12.0. The highest BCUT2D eigenvalue weighted by atomic mass is 16.1. The van der Waals surface area contributed by atoms with Crippen LogP contribution in [-0.4, -0.2) is 23.0 Å². The topological polar surface area (TPSA) is 57.8 Å². The van der Waals surface area contributed by atoms with E-state index < -0.39 is 0 Å². The molecule has 0 bridgehead atoms. The van der Waals surface area contributed by atoms with Gasteiger partial charge in [0.1, 0.15) is 0 Å². The number of ketones is 1. The first-order valence-corrected chi connectivity index (χ1v) is 5.27. The maximum atomic E-state index is 12.0. The van der Waals surface area contributed by atoms with Crippen LogP contribution in [0.4, 0.5) is 0 Å². The summed E-state index contributed by atoms with van der Waals surface area (Å²) in [5.41, 5.74) is 2.74. The fourth-order valence-electron chi connectivity index (χ4n) is 2.24. The first-order chi connectivity index (χ1) is 7.03. The number of nitrogens with zero attached hydrogens (tertiary/aromatic N) is 1. The number of H-pyrrole nitrogens is 1. The molecule has 0 saturated heterocycles. The molecule has 0 aromatic carbocycles. The Morgan fingerprint density at radius 1 is 1.47 bits per heavy atom. The highest BCUT2D eigenvalue weighted by Crippen LogP contribution is 2.34. The van der Waals surface area contributed by atoms with Crippen LogP contribution in [0.1, 0.15) is 42.0 Å². The summed E-state index contributed by atoms with van der Waals surface area (Å²) in [6.45, 7) is 4.89. The molecule has 0 spiro atoms. The molecule has 1 heterocycles. The molecule has 0 atom stereocenters. The van der Waals surface area contributed by atoms with Gasteiger partial charge in [0.2, 0.25) is 0 Å². The predicted octanol–water partition coefficient (Wildman–Crippen LogP) is 1.28. The summed E-state index contributed by atoms with van der Waals surface area (Å²) in [7, 11) is 1.86. The van der Waals surface area contributed by atoms with E-state index in [9.17, 15) is 4.79 Å². The van der Waals surface area contributed by atoms with E-state index in [1.807, 2.05) is 7.05 Å². The van der Waals surface area contributed by atoms with Crippen LogP contribution in [0, 0.1) is 5.41 Å². The Kier molecular flexibility index (Phi) is 2.38. The molecule has 1 aliphatic carbocycles. The quantitative estimate of drug-likeness (QED) is 0.768. The van der Waals surface area contributed by atoms with Gasteiger partial charge in [0.25, 0.3) is 0 Å². The summed E-state index contributed by atoms with van der Waals surface area (Å²) in [5, 5.41) is 10.2. The lowest BCUT2D eigenvalue weighted by Crippen LogP contribution is -2.27. The molecule has 0 saturated carbocycles. The molecule has 1 aromatic rings. The Hall–Kier alpha value is -1.16. The van der Waals surface area contributed by atoms with Gasteiger partial charge >= 0.3 is 0 Å². The van der Waals surface area contributed by atoms with Gasteiger partial charge in [-0.15, -0.1) is 0 Å². The van der Waals surface area contributed by atoms with Crippen LogP contribution < -0.4 is 5.32 Å². The van der Waals surface area contributed by atoms with Crippen LogP contribution in [0.15, 0.2) is 0 Å². The van der Waals surface area contributed by atoms with Gasteiger partial charge in [-0.1, -0.05) is 13.8 Å². The van der Waals surface area contributed by atoms with E-state index in [0.29, 0.717) is 13.0 Å². The van der Waals surface area contributed by atoms with Gasteiger partial charge in [-0.25, -0.2) is 0 Å². The van der Waals surface area contributed by atoms with Crippen LogP contribution in [0.5, 0.6) is 0 Å². The Bertz CT molecular complexity index is 393. The average molecular weight is 207 g/mol. The number of fused-ring (bicyclic) bond motifs is 1. The number of hydrogen-bond donors (Lipinski definition) is 2. The van der Waals surface area contributed by atoms with E-state index in [-0.39, 0.29) is 11.2 Å². The number of aromatic amines is 1. The number of aromatic nitrogens is 2. The molecule has 4 nitrogen and oxygen atoms in total. The van der Waals surface area contributed by atoms with Gasteiger partial charge in [-0.05, 0) is 18.9 Å². The molecule has 0 amide bonds. The Balaban J connectivity index is 2.39. The smallest absolute Gasteiger partial charge is 0.167 e. The molecular weight excluding hydrogens is 190 g/mol. The van der Waals surface area contributed by atoms with E-state index in [0.717, 1.165) is 23.4 Å². The Morgan fingerprint density at radius 3 is 2.87 bits per heavy atom. The zero-order valence-corrected chi connectivity index (χ0v) is 9.48. The number of nitrogens with one attached hydrogen (secondary N) is 2. The standard InChI is InChI=1S/C11H17N3O/c1-11(2)4-7-10(9(15)5-11)8(6-12-3)14-13-7/h12H,4-6H2,1-3H3,(H,13,14). The van der Waals surface area contributed by atoms with Crippen LogP contribution in [0.2, 0.25) is 0 Å². The first kappa shape index (κ1) is 10.4. The first-order valence-electron chi connectivity index (χ1n) is 5.27. The van der Waals surface area contributed by atoms with Gasteiger partial charge in [0.05, 0.1) is 11.3 Å². The van der Waals surface area contributed by atoms with Gasteiger partial charge in [0, 0.05) is 18.7 Å². The maximum Gasteiger partial charge on any atom is 0.167 e. The van der Waals surface area contributed by atoms with Crippen molar-refractivity contribution in [3.63, 3.8) is 0 Å². The molecule has 0 aliphatic heterocycles. The van der Waals surface area contributed by atoms with Gasteiger partial charge < -0.3 is 5.32 Å². The number of hydrogen-bond acceptors (Lipinski definition) is 3. The third-order valence-electron chi connectivity index (χ3n) is 2.83. The SMILES string of the molecule is CNCc1n[nH]c2c1C(=O)CC(C)(C)C2. The minimum Gasteiger partial charge on any atom is -0.314 e. The van der Waals surface area contributed by atoms with Crippen molar-refractivity contribution in [1.82, 2.24) is 15.5 Å². The second kappa shape index (κ2) is 3.45. The molecule has 1 aromatic heterocycles. The van der Waals surface area contributed by atoms with Crippen molar-refractivity contribution in [2.75, 3.05) is 7.05 Å².